The quantitative estimate of drug-likeness (QED) is 0.690. The predicted molar refractivity (Wildman–Crippen MR) is 50.0 cm³/mol. The Balaban J connectivity index is 3.85. The van der Waals surface area contributed by atoms with E-state index in [-0.39, 0.29) is 5.78 Å². The van der Waals surface area contributed by atoms with Crippen molar-refractivity contribution < 1.29 is 9.90 Å². The van der Waals surface area contributed by atoms with Gasteiger partial charge in [0.05, 0.1) is 0 Å². The number of hydrogen-bond donors (Lipinski definition) is 1. The maximum Gasteiger partial charge on any atom is 0.164 e. The van der Waals surface area contributed by atoms with Gasteiger partial charge in [0, 0.05) is 6.42 Å². The third-order valence-electron chi connectivity index (χ3n) is 2.00. The lowest BCUT2D eigenvalue weighted by Gasteiger charge is -2.18. The van der Waals surface area contributed by atoms with Crippen LogP contribution in [-0.4, -0.2) is 16.5 Å². The van der Waals surface area contributed by atoms with Gasteiger partial charge in [-0.15, -0.1) is 0 Å². The van der Waals surface area contributed by atoms with E-state index in [0.29, 0.717) is 12.3 Å². The summed E-state index contributed by atoms with van der Waals surface area (Å²) in [7, 11) is 0. The molecule has 2 heteroatoms. The van der Waals surface area contributed by atoms with E-state index in [1.54, 1.807) is 13.8 Å². The molecule has 0 aromatic heterocycles. The summed E-state index contributed by atoms with van der Waals surface area (Å²) in [6.07, 6.45) is 2.65. The van der Waals surface area contributed by atoms with Gasteiger partial charge in [-0.05, 0) is 19.8 Å². The Morgan fingerprint density at radius 3 is 2.33 bits per heavy atom. The lowest BCUT2D eigenvalue weighted by atomic mass is 9.92. The fraction of sp³-hybridized carbons (Fsp3) is 0.900. The second-order valence-corrected chi connectivity index (χ2v) is 4.08. The van der Waals surface area contributed by atoms with Crippen LogP contribution in [0, 0.1) is 5.92 Å². The van der Waals surface area contributed by atoms with Crippen LogP contribution in [0.25, 0.3) is 0 Å². The van der Waals surface area contributed by atoms with Gasteiger partial charge in [0.25, 0.3) is 0 Å². The molecule has 0 aromatic carbocycles. The molecule has 0 heterocycles. The highest BCUT2D eigenvalue weighted by Gasteiger charge is 2.24. The first kappa shape index (κ1) is 11.6. The number of rotatable bonds is 5. The highest BCUT2D eigenvalue weighted by atomic mass is 16.3. The zero-order valence-corrected chi connectivity index (χ0v) is 8.55. The summed E-state index contributed by atoms with van der Waals surface area (Å²) in [5.74, 6) is 0.345. The van der Waals surface area contributed by atoms with Crippen LogP contribution in [0.3, 0.4) is 0 Å². The Morgan fingerprint density at radius 1 is 1.50 bits per heavy atom. The van der Waals surface area contributed by atoms with E-state index in [2.05, 4.69) is 6.92 Å². The number of ketones is 1. The van der Waals surface area contributed by atoms with E-state index in [1.807, 2.05) is 6.92 Å². The van der Waals surface area contributed by atoms with Crippen molar-refractivity contribution in [2.75, 3.05) is 0 Å². The van der Waals surface area contributed by atoms with Crippen molar-refractivity contribution in [1.82, 2.24) is 0 Å². The van der Waals surface area contributed by atoms with E-state index < -0.39 is 5.60 Å². The van der Waals surface area contributed by atoms with Crippen LogP contribution >= 0.6 is 0 Å². The van der Waals surface area contributed by atoms with Gasteiger partial charge < -0.3 is 5.11 Å². The Bertz CT molecular complexity index is 144. The first-order valence-electron chi connectivity index (χ1n) is 4.63. The fourth-order valence-corrected chi connectivity index (χ4v) is 1.16. The molecule has 0 saturated heterocycles. The molecule has 0 aliphatic heterocycles. The van der Waals surface area contributed by atoms with Crippen LogP contribution < -0.4 is 0 Å². The van der Waals surface area contributed by atoms with Crippen LogP contribution in [0.2, 0.25) is 0 Å². The first-order chi connectivity index (χ1) is 5.38. The second kappa shape index (κ2) is 4.61. The average Bonchev–Trinajstić information content (AvgIpc) is 1.85. The molecule has 0 aromatic rings. The smallest absolute Gasteiger partial charge is 0.164 e. The van der Waals surface area contributed by atoms with Crippen LogP contribution in [0.15, 0.2) is 0 Å². The van der Waals surface area contributed by atoms with Crippen molar-refractivity contribution in [2.45, 2.75) is 52.6 Å². The van der Waals surface area contributed by atoms with E-state index in [1.165, 1.54) is 0 Å². The topological polar surface area (TPSA) is 37.3 Å². The Labute approximate surface area is 75.0 Å². The molecule has 1 atom stereocenters. The van der Waals surface area contributed by atoms with Gasteiger partial charge in [-0.2, -0.15) is 0 Å². The molecule has 72 valence electrons. The summed E-state index contributed by atoms with van der Waals surface area (Å²) in [6.45, 7) is 7.25. The molecule has 1 unspecified atom stereocenters. The van der Waals surface area contributed by atoms with Gasteiger partial charge in [0.2, 0.25) is 0 Å². The van der Waals surface area contributed by atoms with Crippen molar-refractivity contribution in [1.29, 1.82) is 0 Å². The van der Waals surface area contributed by atoms with Crippen LogP contribution in [0.1, 0.15) is 47.0 Å². The van der Waals surface area contributed by atoms with Gasteiger partial charge in [0.1, 0.15) is 5.60 Å². The molecule has 2 nitrogen and oxygen atoms in total. The van der Waals surface area contributed by atoms with E-state index >= 15 is 0 Å². The maximum absolute atomic E-state index is 11.3. The Kier molecular flexibility index (Phi) is 4.46. The molecular weight excluding hydrogens is 152 g/mol. The lowest BCUT2D eigenvalue weighted by molar-refractivity contribution is -0.135. The van der Waals surface area contributed by atoms with Gasteiger partial charge in [-0.25, -0.2) is 0 Å². The highest BCUT2D eigenvalue weighted by molar-refractivity contribution is 5.86. The summed E-state index contributed by atoms with van der Waals surface area (Å²) in [4.78, 5) is 11.3. The highest BCUT2D eigenvalue weighted by Crippen LogP contribution is 2.15. The van der Waals surface area contributed by atoms with E-state index in [0.717, 1.165) is 12.8 Å². The molecule has 0 aliphatic carbocycles. The molecule has 0 bridgehead atoms. The monoisotopic (exact) mass is 172 g/mol. The summed E-state index contributed by atoms with van der Waals surface area (Å²) in [5, 5.41) is 9.35. The average molecular weight is 172 g/mol. The SMILES string of the molecule is CCCC(C)CC(=O)C(C)(C)O. The van der Waals surface area contributed by atoms with Crippen LogP contribution in [0.4, 0.5) is 0 Å². The molecule has 0 rings (SSSR count). The van der Waals surface area contributed by atoms with E-state index in [9.17, 15) is 9.90 Å². The summed E-state index contributed by atoms with van der Waals surface area (Å²) < 4.78 is 0. The molecule has 0 radical (unpaired) electrons. The largest absolute Gasteiger partial charge is 0.383 e. The number of Topliss-reactive ketones (excluding diaryl/α,β-unsaturated/α-hetero) is 1. The second-order valence-electron chi connectivity index (χ2n) is 4.08. The standard InChI is InChI=1S/C10H20O2/c1-5-6-8(2)7-9(11)10(3,4)12/h8,12H,5-7H2,1-4H3. The van der Waals surface area contributed by atoms with Gasteiger partial charge >= 0.3 is 0 Å². The zero-order chi connectivity index (χ0) is 9.78. The minimum Gasteiger partial charge on any atom is -0.383 e. The Hall–Kier alpha value is -0.370. The molecule has 0 amide bonds. The van der Waals surface area contributed by atoms with Crippen molar-refractivity contribution in [3.63, 3.8) is 0 Å². The van der Waals surface area contributed by atoms with Gasteiger partial charge in [-0.3, -0.25) is 4.79 Å². The molecule has 0 saturated carbocycles. The van der Waals surface area contributed by atoms with Crippen molar-refractivity contribution in [2.24, 2.45) is 5.92 Å². The number of carbonyl (C=O) groups excluding carboxylic acids is 1. The van der Waals surface area contributed by atoms with Gasteiger partial charge in [0.15, 0.2) is 5.78 Å². The zero-order valence-electron chi connectivity index (χ0n) is 8.55. The lowest BCUT2D eigenvalue weighted by Crippen LogP contribution is -2.32. The molecule has 0 spiro atoms. The Morgan fingerprint density at radius 2 is 2.00 bits per heavy atom. The summed E-state index contributed by atoms with van der Waals surface area (Å²) >= 11 is 0. The van der Waals surface area contributed by atoms with Crippen LogP contribution in [-0.2, 0) is 4.79 Å². The minimum absolute atomic E-state index is 0.0524. The number of hydrogen-bond acceptors (Lipinski definition) is 2. The third kappa shape index (κ3) is 4.50. The molecular formula is C10H20O2. The first-order valence-corrected chi connectivity index (χ1v) is 4.63. The fourth-order valence-electron chi connectivity index (χ4n) is 1.16. The maximum atomic E-state index is 11.3. The number of carbonyl (C=O) groups is 1. The van der Waals surface area contributed by atoms with E-state index in [4.69, 9.17) is 0 Å². The molecule has 1 N–H and O–H groups in total. The van der Waals surface area contributed by atoms with Gasteiger partial charge in [-0.1, -0.05) is 26.7 Å². The minimum atomic E-state index is -1.15. The normalized spacial score (nSPS) is 14.4. The summed E-state index contributed by atoms with van der Waals surface area (Å²) in [5.41, 5.74) is -1.15. The molecule has 12 heavy (non-hydrogen) atoms. The molecule has 0 fully saturated rings. The number of aliphatic hydroxyl groups is 1. The van der Waals surface area contributed by atoms with Crippen molar-refractivity contribution in [3.05, 3.63) is 0 Å². The van der Waals surface area contributed by atoms with Crippen LogP contribution in [0.5, 0.6) is 0 Å². The summed E-state index contributed by atoms with van der Waals surface area (Å²) in [6, 6.07) is 0. The predicted octanol–water partition coefficient (Wildman–Crippen LogP) is 2.15. The third-order valence-corrected chi connectivity index (χ3v) is 2.00. The van der Waals surface area contributed by atoms with Crippen molar-refractivity contribution in [3.8, 4) is 0 Å². The van der Waals surface area contributed by atoms with Crippen molar-refractivity contribution >= 4 is 5.78 Å². The molecule has 0 aliphatic rings.